The first-order valence-corrected chi connectivity index (χ1v) is 10.6. The van der Waals surface area contributed by atoms with Crippen molar-refractivity contribution in [3.63, 3.8) is 0 Å². The lowest BCUT2D eigenvalue weighted by molar-refractivity contribution is -0.147. The fourth-order valence-electron chi connectivity index (χ4n) is 4.35. The highest BCUT2D eigenvalue weighted by Crippen LogP contribution is 2.44. The van der Waals surface area contributed by atoms with E-state index in [2.05, 4.69) is 41.5 Å². The number of carboxylic acid groups (broad SMARTS) is 1. The van der Waals surface area contributed by atoms with Gasteiger partial charge in [-0.15, -0.1) is 11.3 Å². The summed E-state index contributed by atoms with van der Waals surface area (Å²) in [4.78, 5) is 30.0. The molecule has 7 heteroatoms. The molecule has 6 nitrogen and oxygen atoms in total. The zero-order valence-corrected chi connectivity index (χ0v) is 16.8. The Morgan fingerprint density at radius 2 is 1.89 bits per heavy atom. The number of fused-ring (bicyclic) bond motifs is 2. The molecule has 2 aliphatic rings. The summed E-state index contributed by atoms with van der Waals surface area (Å²) in [5, 5.41) is 12.8. The van der Waals surface area contributed by atoms with Gasteiger partial charge in [0.2, 0.25) is 5.91 Å². The molecule has 1 aromatic heterocycles. The molecule has 0 saturated carbocycles. The van der Waals surface area contributed by atoms with Gasteiger partial charge in [0, 0.05) is 10.4 Å². The first kappa shape index (κ1) is 19.1. The van der Waals surface area contributed by atoms with Gasteiger partial charge in [0.25, 0.3) is 0 Å². The monoisotopic (exact) mass is 400 g/mol. The summed E-state index contributed by atoms with van der Waals surface area (Å²) < 4.78 is 5.69. The number of hydrogen-bond acceptors (Lipinski definition) is 5. The molecule has 2 fully saturated rings. The Morgan fingerprint density at radius 3 is 2.54 bits per heavy atom. The zero-order valence-electron chi connectivity index (χ0n) is 16.0. The number of amides is 1. The van der Waals surface area contributed by atoms with E-state index in [9.17, 15) is 14.7 Å². The van der Waals surface area contributed by atoms with E-state index in [4.69, 9.17) is 4.74 Å². The van der Waals surface area contributed by atoms with Crippen LogP contribution in [0.1, 0.15) is 36.6 Å². The lowest BCUT2D eigenvalue weighted by Crippen LogP contribution is -2.40. The molecule has 2 N–H and O–H groups in total. The minimum absolute atomic E-state index is 0.307. The molecule has 0 radical (unpaired) electrons. The van der Waals surface area contributed by atoms with Crippen LogP contribution in [0.15, 0.2) is 24.3 Å². The van der Waals surface area contributed by atoms with Crippen LogP contribution in [0.4, 0.5) is 5.13 Å². The maximum Gasteiger partial charge on any atom is 0.310 e. The van der Waals surface area contributed by atoms with Crippen LogP contribution in [0.5, 0.6) is 0 Å². The quantitative estimate of drug-likeness (QED) is 0.768. The molecular formula is C21H24N2O4S. The van der Waals surface area contributed by atoms with Crippen molar-refractivity contribution in [2.75, 3.05) is 5.32 Å². The number of ether oxygens (including phenoxy) is 1. The third-order valence-corrected chi connectivity index (χ3v) is 6.54. The van der Waals surface area contributed by atoms with Crippen molar-refractivity contribution in [1.29, 1.82) is 0 Å². The van der Waals surface area contributed by atoms with Gasteiger partial charge < -0.3 is 15.2 Å². The highest BCUT2D eigenvalue weighted by atomic mass is 32.1. The van der Waals surface area contributed by atoms with Crippen LogP contribution in [-0.4, -0.2) is 34.2 Å². The summed E-state index contributed by atoms with van der Waals surface area (Å²) in [5.74, 6) is -2.70. The number of aromatic nitrogens is 1. The Hall–Kier alpha value is -2.25. The number of aliphatic carboxylic acids is 1. The van der Waals surface area contributed by atoms with Gasteiger partial charge in [0.05, 0.1) is 29.7 Å². The van der Waals surface area contributed by atoms with Crippen LogP contribution in [0.25, 0.3) is 11.3 Å². The number of carbonyl (C=O) groups excluding carboxylic acids is 1. The fourth-order valence-corrected chi connectivity index (χ4v) is 5.19. The number of aryl methyl sites for hydroxylation is 2. The second-order valence-corrected chi connectivity index (χ2v) is 8.74. The molecule has 2 bridgehead atoms. The van der Waals surface area contributed by atoms with Gasteiger partial charge in [-0.25, -0.2) is 4.98 Å². The van der Waals surface area contributed by atoms with E-state index in [-0.39, 0.29) is 18.1 Å². The summed E-state index contributed by atoms with van der Waals surface area (Å²) in [7, 11) is 0. The van der Waals surface area contributed by atoms with Gasteiger partial charge in [-0.1, -0.05) is 37.6 Å². The molecule has 1 aromatic carbocycles. The lowest BCUT2D eigenvalue weighted by atomic mass is 9.79. The number of carbonyl (C=O) groups is 2. The van der Waals surface area contributed by atoms with E-state index in [1.807, 2.05) is 6.92 Å². The van der Waals surface area contributed by atoms with E-state index in [0.29, 0.717) is 11.6 Å². The topological polar surface area (TPSA) is 88.5 Å². The lowest BCUT2D eigenvalue weighted by Gasteiger charge is -2.23. The highest BCUT2D eigenvalue weighted by molar-refractivity contribution is 7.16. The summed E-state index contributed by atoms with van der Waals surface area (Å²) in [6, 6.07) is 8.34. The Balaban J connectivity index is 1.51. The molecule has 2 aromatic rings. The minimum atomic E-state index is -0.962. The minimum Gasteiger partial charge on any atom is -0.481 e. The maximum absolute atomic E-state index is 12.8. The predicted molar refractivity (Wildman–Crippen MR) is 107 cm³/mol. The van der Waals surface area contributed by atoms with E-state index in [1.165, 1.54) is 16.9 Å². The number of hydrogen-bond donors (Lipinski definition) is 2. The highest BCUT2D eigenvalue weighted by Gasteiger charge is 2.55. The third-order valence-electron chi connectivity index (χ3n) is 5.65. The van der Waals surface area contributed by atoms with Crippen LogP contribution < -0.4 is 5.32 Å². The third kappa shape index (κ3) is 3.44. The molecule has 0 unspecified atom stereocenters. The first-order chi connectivity index (χ1) is 13.5. The van der Waals surface area contributed by atoms with Crippen molar-refractivity contribution in [3.05, 3.63) is 34.7 Å². The number of thiazole rings is 1. The normalized spacial score (nSPS) is 25.8. The van der Waals surface area contributed by atoms with E-state index < -0.39 is 17.8 Å². The first-order valence-electron chi connectivity index (χ1n) is 9.73. The van der Waals surface area contributed by atoms with Gasteiger partial charge in [0.1, 0.15) is 0 Å². The predicted octanol–water partition coefficient (Wildman–Crippen LogP) is 3.89. The van der Waals surface area contributed by atoms with Gasteiger partial charge >= 0.3 is 5.97 Å². The summed E-state index contributed by atoms with van der Waals surface area (Å²) in [5.41, 5.74) is 3.16. The average Bonchev–Trinajstić information content (AvgIpc) is 3.37. The van der Waals surface area contributed by atoms with Gasteiger partial charge in [0.15, 0.2) is 5.13 Å². The van der Waals surface area contributed by atoms with Crippen molar-refractivity contribution in [2.45, 2.75) is 51.7 Å². The van der Waals surface area contributed by atoms with Crippen LogP contribution in [0.3, 0.4) is 0 Å². The van der Waals surface area contributed by atoms with Crippen LogP contribution in [0, 0.1) is 18.8 Å². The number of nitrogens with one attached hydrogen (secondary N) is 1. The number of anilines is 1. The van der Waals surface area contributed by atoms with Crippen molar-refractivity contribution in [1.82, 2.24) is 4.98 Å². The summed E-state index contributed by atoms with van der Waals surface area (Å²) in [6.07, 6.45) is 2.94. The standard InChI is InChI=1S/C21H24N2O4S/c1-3-4-12-5-7-13(8-6-12)18-11(2)28-21(22-18)23-19(24)16-14-9-10-15(27-14)17(16)20(25)26/h5-8,14-17H,3-4,9-10H2,1-2H3,(H,25,26)(H,22,23,24)/t14-,15+,16-,17+/m1/s1. The molecule has 2 saturated heterocycles. The molecule has 4 atom stereocenters. The Bertz CT molecular complexity index is 892. The fraction of sp³-hybridized carbons (Fsp3) is 0.476. The number of nitrogens with zero attached hydrogens (tertiary/aromatic N) is 1. The Labute approximate surface area is 167 Å². The molecular weight excluding hydrogens is 376 g/mol. The molecule has 1 amide bonds. The molecule has 3 heterocycles. The van der Waals surface area contributed by atoms with Crippen molar-refractivity contribution >= 4 is 28.3 Å². The molecule has 148 valence electrons. The van der Waals surface area contributed by atoms with Crippen molar-refractivity contribution in [3.8, 4) is 11.3 Å². The summed E-state index contributed by atoms with van der Waals surface area (Å²) in [6.45, 7) is 4.13. The van der Waals surface area contributed by atoms with Crippen LogP contribution in [-0.2, 0) is 20.7 Å². The van der Waals surface area contributed by atoms with Crippen molar-refractivity contribution < 1.29 is 19.4 Å². The smallest absolute Gasteiger partial charge is 0.310 e. The van der Waals surface area contributed by atoms with E-state index >= 15 is 0 Å². The van der Waals surface area contributed by atoms with Gasteiger partial charge in [-0.3, -0.25) is 9.59 Å². The van der Waals surface area contributed by atoms with E-state index in [0.717, 1.165) is 35.4 Å². The second-order valence-electron chi connectivity index (χ2n) is 7.54. The number of rotatable bonds is 6. The van der Waals surface area contributed by atoms with Crippen molar-refractivity contribution in [2.24, 2.45) is 11.8 Å². The van der Waals surface area contributed by atoms with Crippen LogP contribution in [0.2, 0.25) is 0 Å². The average molecular weight is 401 g/mol. The largest absolute Gasteiger partial charge is 0.481 e. The van der Waals surface area contributed by atoms with E-state index in [1.54, 1.807) is 0 Å². The van der Waals surface area contributed by atoms with Crippen LogP contribution >= 0.6 is 11.3 Å². The zero-order chi connectivity index (χ0) is 19.8. The maximum atomic E-state index is 12.8. The molecule has 4 rings (SSSR count). The Kier molecular flexibility index (Phi) is 5.21. The number of benzene rings is 1. The number of carboxylic acids is 1. The van der Waals surface area contributed by atoms with Gasteiger partial charge in [-0.2, -0.15) is 0 Å². The molecule has 28 heavy (non-hydrogen) atoms. The Morgan fingerprint density at radius 1 is 1.21 bits per heavy atom. The molecule has 0 aliphatic carbocycles. The SMILES string of the molecule is CCCc1ccc(-c2nc(NC(=O)[C@H]3[C@@H](C(=O)O)[C@@H]4CC[C@H]3O4)sc2C)cc1. The molecule has 2 aliphatic heterocycles. The van der Waals surface area contributed by atoms with Gasteiger partial charge in [-0.05, 0) is 31.7 Å². The summed E-state index contributed by atoms with van der Waals surface area (Å²) >= 11 is 1.41. The second kappa shape index (κ2) is 7.64. The molecule has 0 spiro atoms.